The first-order valence-electron chi connectivity index (χ1n) is 6.33. The second kappa shape index (κ2) is 4.45. The van der Waals surface area contributed by atoms with E-state index in [1.807, 2.05) is 24.3 Å². The maximum atomic E-state index is 13.8. The Labute approximate surface area is 107 Å². The first-order chi connectivity index (χ1) is 8.75. The van der Waals surface area contributed by atoms with E-state index in [4.69, 9.17) is 0 Å². The molecule has 2 aromatic carbocycles. The van der Waals surface area contributed by atoms with Gasteiger partial charge >= 0.3 is 0 Å². The summed E-state index contributed by atoms with van der Waals surface area (Å²) >= 11 is 0. The summed E-state index contributed by atoms with van der Waals surface area (Å²) in [5.74, 6) is 0.195. The van der Waals surface area contributed by atoms with E-state index in [0.29, 0.717) is 0 Å². The molecule has 2 heteroatoms. The molecule has 18 heavy (non-hydrogen) atoms. The van der Waals surface area contributed by atoms with Gasteiger partial charge in [-0.15, -0.1) is 0 Å². The van der Waals surface area contributed by atoms with Crippen molar-refractivity contribution in [3.63, 3.8) is 0 Å². The third-order valence-corrected chi connectivity index (χ3v) is 3.57. The maximum absolute atomic E-state index is 13.8. The Bertz CT molecular complexity index is 550. The summed E-state index contributed by atoms with van der Waals surface area (Å²) in [5.41, 5.74) is 3.18. The molecular formula is C16H16FN. The van der Waals surface area contributed by atoms with Crippen molar-refractivity contribution < 1.29 is 4.39 Å². The fraction of sp³-hybridized carbons (Fsp3) is 0.250. The zero-order valence-corrected chi connectivity index (χ0v) is 10.4. The number of halogens is 1. The number of benzene rings is 2. The van der Waals surface area contributed by atoms with Crippen LogP contribution in [-0.2, 0) is 6.54 Å². The van der Waals surface area contributed by atoms with Crippen molar-refractivity contribution in [1.82, 2.24) is 0 Å². The van der Waals surface area contributed by atoms with Crippen LogP contribution in [0.25, 0.3) is 0 Å². The lowest BCUT2D eigenvalue weighted by Crippen LogP contribution is -2.20. The summed E-state index contributed by atoms with van der Waals surface area (Å²) in [4.78, 5) is 2.26. The molecule has 0 saturated heterocycles. The molecule has 0 fully saturated rings. The maximum Gasteiger partial charge on any atom is 0.128 e. The molecule has 0 saturated carbocycles. The monoisotopic (exact) mass is 241 g/mol. The molecular weight excluding hydrogens is 225 g/mol. The molecule has 1 aliphatic heterocycles. The number of anilines is 1. The Morgan fingerprint density at radius 2 is 1.89 bits per heavy atom. The Morgan fingerprint density at radius 1 is 1.11 bits per heavy atom. The van der Waals surface area contributed by atoms with Crippen molar-refractivity contribution in [2.24, 2.45) is 0 Å². The van der Waals surface area contributed by atoms with Crippen LogP contribution >= 0.6 is 0 Å². The van der Waals surface area contributed by atoms with Gasteiger partial charge in [0.15, 0.2) is 0 Å². The molecule has 92 valence electrons. The first-order valence-corrected chi connectivity index (χ1v) is 6.33. The van der Waals surface area contributed by atoms with E-state index in [0.717, 1.165) is 24.3 Å². The van der Waals surface area contributed by atoms with E-state index < -0.39 is 0 Å². The summed E-state index contributed by atoms with van der Waals surface area (Å²) in [6, 6.07) is 15.7. The molecule has 1 heterocycles. The smallest absolute Gasteiger partial charge is 0.128 e. The molecule has 0 amide bonds. The normalized spacial score (nSPS) is 17.9. The number of hydrogen-bond donors (Lipinski definition) is 0. The predicted molar refractivity (Wildman–Crippen MR) is 72.3 cm³/mol. The van der Waals surface area contributed by atoms with Crippen molar-refractivity contribution >= 4 is 5.69 Å². The van der Waals surface area contributed by atoms with Gasteiger partial charge in [0.25, 0.3) is 0 Å². The van der Waals surface area contributed by atoms with Gasteiger partial charge in [-0.2, -0.15) is 0 Å². The molecule has 2 aromatic rings. The molecule has 1 nitrogen and oxygen atoms in total. The Kier molecular flexibility index (Phi) is 2.78. The minimum atomic E-state index is -0.0736. The molecule has 1 atom stereocenters. The zero-order valence-electron chi connectivity index (χ0n) is 10.4. The van der Waals surface area contributed by atoms with E-state index >= 15 is 0 Å². The molecule has 0 radical (unpaired) electrons. The van der Waals surface area contributed by atoms with E-state index in [2.05, 4.69) is 24.0 Å². The Morgan fingerprint density at radius 3 is 2.67 bits per heavy atom. The molecule has 1 aliphatic rings. The number of fused-ring (bicyclic) bond motifs is 1. The minimum Gasteiger partial charge on any atom is -0.366 e. The van der Waals surface area contributed by atoms with Crippen molar-refractivity contribution in [3.8, 4) is 0 Å². The fourth-order valence-electron chi connectivity index (χ4n) is 2.76. The topological polar surface area (TPSA) is 3.24 Å². The average Bonchev–Trinajstić information content (AvgIpc) is 2.69. The molecule has 0 aromatic heterocycles. The summed E-state index contributed by atoms with van der Waals surface area (Å²) in [6.45, 7) is 3.83. The first kappa shape index (κ1) is 11.3. The van der Waals surface area contributed by atoms with Gasteiger partial charge in [0.05, 0.1) is 0 Å². The Hall–Kier alpha value is -1.83. The second-order valence-electron chi connectivity index (χ2n) is 4.94. The standard InChI is InChI=1S/C16H16FN/c1-12-10-18(11-13-6-3-2-4-7-13)15-9-5-8-14(17)16(12)15/h2-9,12H,10-11H2,1H3/t12-/m0/s1. The third-order valence-electron chi connectivity index (χ3n) is 3.57. The van der Waals surface area contributed by atoms with Gasteiger partial charge in [0.2, 0.25) is 0 Å². The van der Waals surface area contributed by atoms with Gasteiger partial charge < -0.3 is 4.90 Å². The Balaban J connectivity index is 1.92. The fourth-order valence-corrected chi connectivity index (χ4v) is 2.76. The molecule has 0 unspecified atom stereocenters. The van der Waals surface area contributed by atoms with Gasteiger partial charge in [0.1, 0.15) is 5.82 Å². The van der Waals surface area contributed by atoms with Gasteiger partial charge in [-0.05, 0) is 17.7 Å². The van der Waals surface area contributed by atoms with Gasteiger partial charge in [0, 0.05) is 30.3 Å². The lowest BCUT2D eigenvalue weighted by Gasteiger charge is -2.19. The predicted octanol–water partition coefficient (Wildman–Crippen LogP) is 3.95. The molecule has 0 spiro atoms. The van der Waals surface area contributed by atoms with Crippen molar-refractivity contribution in [1.29, 1.82) is 0 Å². The van der Waals surface area contributed by atoms with E-state index in [-0.39, 0.29) is 11.7 Å². The van der Waals surface area contributed by atoms with Crippen LogP contribution in [0.2, 0.25) is 0 Å². The SMILES string of the molecule is C[C@H]1CN(Cc2ccccc2)c2cccc(F)c21. The van der Waals surface area contributed by atoms with Gasteiger partial charge in [-0.25, -0.2) is 4.39 Å². The van der Waals surface area contributed by atoms with Gasteiger partial charge in [-0.1, -0.05) is 43.3 Å². The van der Waals surface area contributed by atoms with Crippen LogP contribution in [0.1, 0.15) is 24.0 Å². The lowest BCUT2D eigenvalue weighted by molar-refractivity contribution is 0.601. The van der Waals surface area contributed by atoms with Crippen LogP contribution in [0.15, 0.2) is 48.5 Å². The average molecular weight is 241 g/mol. The lowest BCUT2D eigenvalue weighted by atomic mass is 10.0. The van der Waals surface area contributed by atoms with Gasteiger partial charge in [-0.3, -0.25) is 0 Å². The van der Waals surface area contributed by atoms with Crippen LogP contribution in [0, 0.1) is 5.82 Å². The summed E-state index contributed by atoms with van der Waals surface area (Å²) < 4.78 is 13.8. The highest BCUT2D eigenvalue weighted by Gasteiger charge is 2.27. The van der Waals surface area contributed by atoms with E-state index in [1.165, 1.54) is 5.56 Å². The highest BCUT2D eigenvalue weighted by molar-refractivity contribution is 5.60. The van der Waals surface area contributed by atoms with Crippen molar-refractivity contribution in [2.75, 3.05) is 11.4 Å². The summed E-state index contributed by atoms with van der Waals surface area (Å²) in [6.07, 6.45) is 0. The van der Waals surface area contributed by atoms with E-state index in [9.17, 15) is 4.39 Å². The number of hydrogen-bond acceptors (Lipinski definition) is 1. The van der Waals surface area contributed by atoms with E-state index in [1.54, 1.807) is 12.1 Å². The van der Waals surface area contributed by atoms with Crippen LogP contribution in [0.3, 0.4) is 0 Å². The summed E-state index contributed by atoms with van der Waals surface area (Å²) in [5, 5.41) is 0. The largest absolute Gasteiger partial charge is 0.366 e. The second-order valence-corrected chi connectivity index (χ2v) is 4.94. The van der Waals surface area contributed by atoms with Crippen LogP contribution in [0.5, 0.6) is 0 Å². The molecule has 0 bridgehead atoms. The minimum absolute atomic E-state index is 0.0736. The molecule has 3 rings (SSSR count). The third kappa shape index (κ3) is 1.88. The van der Waals surface area contributed by atoms with Crippen LogP contribution < -0.4 is 4.90 Å². The quantitative estimate of drug-likeness (QED) is 0.769. The number of nitrogens with zero attached hydrogens (tertiary/aromatic N) is 1. The van der Waals surface area contributed by atoms with Crippen molar-refractivity contribution in [3.05, 3.63) is 65.5 Å². The molecule has 0 aliphatic carbocycles. The molecule has 0 N–H and O–H groups in total. The highest BCUT2D eigenvalue weighted by Crippen LogP contribution is 2.38. The zero-order chi connectivity index (χ0) is 12.5. The summed E-state index contributed by atoms with van der Waals surface area (Å²) in [7, 11) is 0. The number of rotatable bonds is 2. The van der Waals surface area contributed by atoms with Crippen LogP contribution in [-0.4, -0.2) is 6.54 Å². The van der Waals surface area contributed by atoms with Crippen molar-refractivity contribution in [2.45, 2.75) is 19.4 Å². The highest BCUT2D eigenvalue weighted by atomic mass is 19.1. The van der Waals surface area contributed by atoms with Crippen LogP contribution in [0.4, 0.5) is 10.1 Å².